The van der Waals surface area contributed by atoms with Gasteiger partial charge in [0, 0.05) is 25.7 Å². The van der Waals surface area contributed by atoms with E-state index < -0.39 is 21.7 Å². The Bertz CT molecular complexity index is 353. The summed E-state index contributed by atoms with van der Waals surface area (Å²) in [7, 11) is -3.52. The Kier molecular flexibility index (Phi) is 8.95. The number of rotatable bonds is 10. The Balaban J connectivity index is 4.43. The average molecular weight is 293 g/mol. The summed E-state index contributed by atoms with van der Waals surface area (Å²) in [5.74, 6) is -0.976. The maximum atomic E-state index is 11.9. The van der Waals surface area contributed by atoms with Crippen molar-refractivity contribution in [1.29, 1.82) is 0 Å². The Morgan fingerprint density at radius 3 is 2.26 bits per heavy atom. The van der Waals surface area contributed by atoms with Crippen LogP contribution in [0, 0.1) is 0 Å². The number of hydrogen-bond donors (Lipinski definition) is 2. The number of nitrogens with zero attached hydrogens (tertiary/aromatic N) is 1. The Morgan fingerprint density at radius 2 is 1.84 bits per heavy atom. The standard InChI is InChI=1S/C12H27N3O3S/c1-4-7-8-11(9-13)14-12(16)10-19(17,18)15(5-2)6-3/h11H,4-10,13H2,1-3H3,(H,14,16). The lowest BCUT2D eigenvalue weighted by Crippen LogP contribution is -2.45. The van der Waals surface area contributed by atoms with Crippen LogP contribution in [0.2, 0.25) is 0 Å². The zero-order valence-electron chi connectivity index (χ0n) is 12.2. The second kappa shape index (κ2) is 9.28. The van der Waals surface area contributed by atoms with Crippen LogP contribution in [0.1, 0.15) is 40.0 Å². The highest BCUT2D eigenvalue weighted by atomic mass is 32.2. The number of amides is 1. The van der Waals surface area contributed by atoms with Crippen LogP contribution < -0.4 is 11.1 Å². The molecule has 0 aliphatic heterocycles. The first kappa shape index (κ1) is 18.3. The molecule has 0 radical (unpaired) electrons. The first-order valence-electron chi connectivity index (χ1n) is 6.88. The summed E-state index contributed by atoms with van der Waals surface area (Å²) < 4.78 is 25.1. The highest BCUT2D eigenvalue weighted by Gasteiger charge is 2.23. The third-order valence-electron chi connectivity index (χ3n) is 2.97. The monoisotopic (exact) mass is 293 g/mol. The molecule has 0 aliphatic carbocycles. The summed E-state index contributed by atoms with van der Waals surface area (Å²) in [5.41, 5.74) is 5.56. The maximum Gasteiger partial charge on any atom is 0.236 e. The predicted molar refractivity (Wildman–Crippen MR) is 77.2 cm³/mol. The van der Waals surface area contributed by atoms with E-state index in [1.54, 1.807) is 13.8 Å². The molecule has 0 saturated carbocycles. The van der Waals surface area contributed by atoms with Gasteiger partial charge in [0.25, 0.3) is 0 Å². The van der Waals surface area contributed by atoms with E-state index in [1.807, 2.05) is 0 Å². The number of carbonyl (C=O) groups excluding carboxylic acids is 1. The molecule has 0 saturated heterocycles. The average Bonchev–Trinajstić information content (AvgIpc) is 2.34. The maximum absolute atomic E-state index is 11.9. The molecule has 1 amide bonds. The number of hydrogen-bond acceptors (Lipinski definition) is 4. The normalized spacial score (nSPS) is 13.5. The third-order valence-corrected chi connectivity index (χ3v) is 4.90. The first-order valence-corrected chi connectivity index (χ1v) is 8.49. The smallest absolute Gasteiger partial charge is 0.236 e. The van der Waals surface area contributed by atoms with Crippen molar-refractivity contribution in [2.45, 2.75) is 46.1 Å². The molecule has 0 fully saturated rings. The molecule has 0 aromatic carbocycles. The van der Waals surface area contributed by atoms with Gasteiger partial charge in [0.1, 0.15) is 5.75 Å². The minimum absolute atomic E-state index is 0.139. The lowest BCUT2D eigenvalue weighted by Gasteiger charge is -2.20. The van der Waals surface area contributed by atoms with Crippen molar-refractivity contribution in [1.82, 2.24) is 9.62 Å². The molecule has 0 heterocycles. The summed E-state index contributed by atoms with van der Waals surface area (Å²) in [5, 5.41) is 2.69. The van der Waals surface area contributed by atoms with E-state index in [1.165, 1.54) is 4.31 Å². The SMILES string of the molecule is CCCCC(CN)NC(=O)CS(=O)(=O)N(CC)CC. The van der Waals surface area contributed by atoms with Crippen molar-refractivity contribution in [3.63, 3.8) is 0 Å². The molecule has 114 valence electrons. The molecule has 1 atom stereocenters. The van der Waals surface area contributed by atoms with Gasteiger partial charge in [-0.3, -0.25) is 4.79 Å². The Labute approximate surface area is 116 Å². The van der Waals surface area contributed by atoms with E-state index >= 15 is 0 Å². The fourth-order valence-electron chi connectivity index (χ4n) is 1.84. The summed E-state index contributed by atoms with van der Waals surface area (Å²) >= 11 is 0. The summed E-state index contributed by atoms with van der Waals surface area (Å²) in [4.78, 5) is 11.8. The molecular weight excluding hydrogens is 266 g/mol. The highest BCUT2D eigenvalue weighted by molar-refractivity contribution is 7.89. The second-order valence-corrected chi connectivity index (χ2v) is 6.45. The van der Waals surface area contributed by atoms with Crippen molar-refractivity contribution >= 4 is 15.9 Å². The fourth-order valence-corrected chi connectivity index (χ4v) is 3.23. The molecule has 0 bridgehead atoms. The van der Waals surface area contributed by atoms with Gasteiger partial charge in [0.05, 0.1) is 0 Å². The van der Waals surface area contributed by atoms with E-state index in [0.717, 1.165) is 19.3 Å². The van der Waals surface area contributed by atoms with Crippen LogP contribution in [0.15, 0.2) is 0 Å². The van der Waals surface area contributed by atoms with Gasteiger partial charge in [0.2, 0.25) is 15.9 Å². The van der Waals surface area contributed by atoms with E-state index in [-0.39, 0.29) is 6.04 Å². The van der Waals surface area contributed by atoms with Crippen LogP contribution in [-0.2, 0) is 14.8 Å². The zero-order chi connectivity index (χ0) is 14.9. The largest absolute Gasteiger partial charge is 0.351 e. The molecule has 0 aromatic heterocycles. The lowest BCUT2D eigenvalue weighted by molar-refractivity contribution is -0.119. The molecular formula is C12H27N3O3S. The number of carbonyl (C=O) groups is 1. The molecule has 0 aliphatic rings. The van der Waals surface area contributed by atoms with Crippen LogP contribution >= 0.6 is 0 Å². The van der Waals surface area contributed by atoms with Gasteiger partial charge in [-0.05, 0) is 6.42 Å². The number of sulfonamides is 1. The van der Waals surface area contributed by atoms with E-state index in [4.69, 9.17) is 5.73 Å². The van der Waals surface area contributed by atoms with Gasteiger partial charge in [-0.2, -0.15) is 0 Å². The number of nitrogens with one attached hydrogen (secondary N) is 1. The van der Waals surface area contributed by atoms with Gasteiger partial charge in [-0.1, -0.05) is 33.6 Å². The Hall–Kier alpha value is -0.660. The van der Waals surface area contributed by atoms with Crippen LogP contribution in [0.25, 0.3) is 0 Å². The van der Waals surface area contributed by atoms with Crippen molar-refractivity contribution in [2.24, 2.45) is 5.73 Å². The van der Waals surface area contributed by atoms with Gasteiger partial charge in [-0.25, -0.2) is 12.7 Å². The molecule has 0 aromatic rings. The van der Waals surface area contributed by atoms with Crippen LogP contribution in [-0.4, -0.2) is 50.1 Å². The molecule has 19 heavy (non-hydrogen) atoms. The number of nitrogens with two attached hydrogens (primary N) is 1. The summed E-state index contributed by atoms with van der Waals surface area (Å²) in [6.07, 6.45) is 2.76. The third kappa shape index (κ3) is 6.89. The minimum Gasteiger partial charge on any atom is -0.351 e. The molecule has 0 rings (SSSR count). The first-order chi connectivity index (χ1) is 8.91. The predicted octanol–water partition coefficient (Wildman–Crippen LogP) is 0.292. The van der Waals surface area contributed by atoms with Gasteiger partial charge in [0.15, 0.2) is 0 Å². The number of unbranched alkanes of at least 4 members (excludes halogenated alkanes) is 1. The lowest BCUT2D eigenvalue weighted by atomic mass is 10.1. The van der Waals surface area contributed by atoms with Crippen molar-refractivity contribution < 1.29 is 13.2 Å². The van der Waals surface area contributed by atoms with Crippen LogP contribution in [0.3, 0.4) is 0 Å². The quantitative estimate of drug-likeness (QED) is 0.605. The van der Waals surface area contributed by atoms with Gasteiger partial charge in [-0.15, -0.1) is 0 Å². The summed E-state index contributed by atoms with van der Waals surface area (Å²) in [6.45, 7) is 6.65. The molecule has 3 N–H and O–H groups in total. The van der Waals surface area contributed by atoms with Crippen molar-refractivity contribution in [3.8, 4) is 0 Å². The molecule has 6 nitrogen and oxygen atoms in total. The van der Waals surface area contributed by atoms with Crippen LogP contribution in [0.4, 0.5) is 0 Å². The van der Waals surface area contributed by atoms with Gasteiger partial charge < -0.3 is 11.1 Å². The minimum atomic E-state index is -3.52. The van der Waals surface area contributed by atoms with Gasteiger partial charge >= 0.3 is 0 Å². The topological polar surface area (TPSA) is 92.5 Å². The summed E-state index contributed by atoms with van der Waals surface area (Å²) in [6, 6.07) is -0.139. The van der Waals surface area contributed by atoms with Crippen molar-refractivity contribution in [2.75, 3.05) is 25.4 Å². The van der Waals surface area contributed by atoms with Crippen molar-refractivity contribution in [3.05, 3.63) is 0 Å². The zero-order valence-corrected chi connectivity index (χ0v) is 13.0. The molecule has 1 unspecified atom stereocenters. The van der Waals surface area contributed by atoms with Crippen LogP contribution in [0.5, 0.6) is 0 Å². The molecule has 0 spiro atoms. The van der Waals surface area contributed by atoms with E-state index in [2.05, 4.69) is 12.2 Å². The molecule has 7 heteroatoms. The second-order valence-electron chi connectivity index (χ2n) is 4.48. The fraction of sp³-hybridized carbons (Fsp3) is 0.917. The highest BCUT2D eigenvalue weighted by Crippen LogP contribution is 2.02. The Morgan fingerprint density at radius 1 is 1.26 bits per heavy atom. The van der Waals surface area contributed by atoms with E-state index in [0.29, 0.717) is 19.6 Å². The van der Waals surface area contributed by atoms with E-state index in [9.17, 15) is 13.2 Å².